The summed E-state index contributed by atoms with van der Waals surface area (Å²) in [6, 6.07) is 16.4. The smallest absolute Gasteiger partial charge is 0.253 e. The molecule has 2 aliphatic rings. The minimum absolute atomic E-state index is 0.103. The number of carbonyl (C=O) groups is 1. The van der Waals surface area contributed by atoms with Gasteiger partial charge in [-0.2, -0.15) is 0 Å². The van der Waals surface area contributed by atoms with E-state index in [0.29, 0.717) is 16.6 Å². The predicted octanol–water partition coefficient (Wildman–Crippen LogP) is 4.08. The molecule has 0 bridgehead atoms. The first-order valence-electron chi connectivity index (χ1n) is 10.2. The first-order valence-corrected chi connectivity index (χ1v) is 10.6. The summed E-state index contributed by atoms with van der Waals surface area (Å²) < 4.78 is 0. The lowest BCUT2D eigenvalue weighted by atomic mass is 10.0. The molecule has 28 heavy (non-hydrogen) atoms. The van der Waals surface area contributed by atoms with Crippen molar-refractivity contribution in [3.05, 3.63) is 64.7 Å². The third-order valence-electron chi connectivity index (χ3n) is 6.04. The van der Waals surface area contributed by atoms with E-state index in [1.165, 1.54) is 17.7 Å². The van der Waals surface area contributed by atoms with E-state index >= 15 is 0 Å². The van der Waals surface area contributed by atoms with E-state index in [9.17, 15) is 4.79 Å². The molecule has 1 amide bonds. The Morgan fingerprint density at radius 3 is 2.54 bits per heavy atom. The number of piperazine rings is 1. The van der Waals surface area contributed by atoms with Crippen LogP contribution in [0.25, 0.3) is 0 Å². The highest BCUT2D eigenvalue weighted by atomic mass is 35.5. The molecule has 2 fully saturated rings. The van der Waals surface area contributed by atoms with Gasteiger partial charge in [0.2, 0.25) is 0 Å². The van der Waals surface area contributed by atoms with Gasteiger partial charge in [0.25, 0.3) is 5.91 Å². The molecule has 0 unspecified atom stereocenters. The van der Waals surface area contributed by atoms with Crippen LogP contribution >= 0.6 is 11.6 Å². The molecule has 5 heteroatoms. The molecule has 0 aromatic heterocycles. The van der Waals surface area contributed by atoms with Crippen LogP contribution in [0.3, 0.4) is 0 Å². The Kier molecular flexibility index (Phi) is 5.88. The summed E-state index contributed by atoms with van der Waals surface area (Å²) in [5.41, 5.74) is 3.38. The van der Waals surface area contributed by atoms with Crippen molar-refractivity contribution in [2.75, 3.05) is 44.2 Å². The highest BCUT2D eigenvalue weighted by Crippen LogP contribution is 2.24. The topological polar surface area (TPSA) is 26.8 Å². The highest BCUT2D eigenvalue weighted by molar-refractivity contribution is 6.30. The molecule has 0 radical (unpaired) electrons. The number of piperidine rings is 1. The summed E-state index contributed by atoms with van der Waals surface area (Å²) in [5.74, 6) is 0.103. The molecular formula is C23H28ClN3O. The zero-order valence-electron chi connectivity index (χ0n) is 16.5. The summed E-state index contributed by atoms with van der Waals surface area (Å²) in [7, 11) is 0. The number of nitrogens with zero attached hydrogens (tertiary/aromatic N) is 3. The third-order valence-corrected chi connectivity index (χ3v) is 6.28. The molecule has 2 aliphatic heterocycles. The van der Waals surface area contributed by atoms with Gasteiger partial charge in [0.1, 0.15) is 0 Å². The Balaban J connectivity index is 1.37. The minimum Gasteiger partial charge on any atom is -0.369 e. The number of hydrogen-bond acceptors (Lipinski definition) is 3. The second-order valence-corrected chi connectivity index (χ2v) is 8.30. The zero-order chi connectivity index (χ0) is 19.5. The zero-order valence-corrected chi connectivity index (χ0v) is 17.2. The van der Waals surface area contributed by atoms with Gasteiger partial charge in [0, 0.05) is 61.6 Å². The lowest BCUT2D eigenvalue weighted by Gasteiger charge is -2.44. The Morgan fingerprint density at radius 1 is 1.00 bits per heavy atom. The number of amides is 1. The monoisotopic (exact) mass is 397 g/mol. The first kappa shape index (κ1) is 19.3. The molecule has 0 saturated carbocycles. The van der Waals surface area contributed by atoms with E-state index in [1.807, 2.05) is 23.1 Å². The summed E-state index contributed by atoms with van der Waals surface area (Å²) in [6.45, 7) is 8.03. The largest absolute Gasteiger partial charge is 0.369 e. The fourth-order valence-electron chi connectivity index (χ4n) is 4.49. The van der Waals surface area contributed by atoms with Crippen LogP contribution in [0.2, 0.25) is 5.02 Å². The maximum Gasteiger partial charge on any atom is 0.253 e. The molecule has 4 nitrogen and oxygen atoms in total. The lowest BCUT2D eigenvalue weighted by Crippen LogP contribution is -2.56. The van der Waals surface area contributed by atoms with E-state index in [0.717, 1.165) is 45.7 Å². The van der Waals surface area contributed by atoms with Crippen molar-refractivity contribution >= 4 is 23.2 Å². The second kappa shape index (κ2) is 8.54. The van der Waals surface area contributed by atoms with Crippen LogP contribution in [0.15, 0.2) is 48.5 Å². The summed E-state index contributed by atoms with van der Waals surface area (Å²) in [6.07, 6.45) is 2.23. The second-order valence-electron chi connectivity index (χ2n) is 7.87. The van der Waals surface area contributed by atoms with Gasteiger partial charge in [-0.25, -0.2) is 0 Å². The van der Waals surface area contributed by atoms with Crippen LogP contribution in [-0.2, 0) is 0 Å². The number of para-hydroxylation sites is 1. The average molecular weight is 398 g/mol. The maximum atomic E-state index is 12.9. The first-order chi connectivity index (χ1) is 13.6. The van der Waals surface area contributed by atoms with Crippen molar-refractivity contribution in [3.63, 3.8) is 0 Å². The van der Waals surface area contributed by atoms with Crippen molar-refractivity contribution in [1.82, 2.24) is 9.80 Å². The van der Waals surface area contributed by atoms with Crippen LogP contribution in [0.4, 0.5) is 5.69 Å². The molecule has 2 heterocycles. The number of benzene rings is 2. The predicted molar refractivity (Wildman–Crippen MR) is 115 cm³/mol. The molecule has 4 rings (SSSR count). The number of carbonyl (C=O) groups excluding carboxylic acids is 1. The normalized spacial score (nSPS) is 21.0. The van der Waals surface area contributed by atoms with Gasteiger partial charge in [-0.05, 0) is 49.6 Å². The van der Waals surface area contributed by atoms with Crippen LogP contribution in [0, 0.1) is 6.92 Å². The third kappa shape index (κ3) is 4.18. The van der Waals surface area contributed by atoms with Gasteiger partial charge < -0.3 is 9.80 Å². The van der Waals surface area contributed by atoms with Gasteiger partial charge in [-0.3, -0.25) is 9.69 Å². The number of hydrogen-bond donors (Lipinski definition) is 0. The van der Waals surface area contributed by atoms with Gasteiger partial charge >= 0.3 is 0 Å². The Hall–Kier alpha value is -2.04. The molecule has 148 valence electrons. The number of anilines is 1. The summed E-state index contributed by atoms with van der Waals surface area (Å²) in [5, 5.41) is 0.617. The number of halogens is 1. The summed E-state index contributed by atoms with van der Waals surface area (Å²) in [4.78, 5) is 20.0. The van der Waals surface area contributed by atoms with Crippen molar-refractivity contribution in [2.45, 2.75) is 25.8 Å². The highest BCUT2D eigenvalue weighted by Gasteiger charge is 2.30. The molecular weight excluding hydrogens is 370 g/mol. The average Bonchev–Trinajstić information content (AvgIpc) is 2.74. The Labute approximate surface area is 172 Å². The van der Waals surface area contributed by atoms with E-state index in [4.69, 9.17) is 11.6 Å². The molecule has 0 spiro atoms. The number of likely N-dealkylation sites (tertiary alicyclic amines) is 1. The van der Waals surface area contributed by atoms with E-state index < -0.39 is 0 Å². The van der Waals surface area contributed by atoms with Crippen molar-refractivity contribution in [3.8, 4) is 0 Å². The maximum absolute atomic E-state index is 12.9. The van der Waals surface area contributed by atoms with Crippen LogP contribution in [0.1, 0.15) is 28.8 Å². The van der Waals surface area contributed by atoms with E-state index in [-0.39, 0.29) is 5.91 Å². The molecule has 1 atom stereocenters. The standard InChI is InChI=1S/C23H28ClN3O/c1-18-6-2-3-10-22(18)26-14-12-25(13-15-26)21-9-5-11-27(17-21)23(28)19-7-4-8-20(24)16-19/h2-4,6-8,10,16,21H,5,9,11-15,17H2,1H3/t21-/m0/s1. The molecule has 0 aliphatic carbocycles. The summed E-state index contributed by atoms with van der Waals surface area (Å²) >= 11 is 6.07. The number of aryl methyl sites for hydroxylation is 1. The van der Waals surface area contributed by atoms with Crippen molar-refractivity contribution in [2.24, 2.45) is 0 Å². The molecule has 2 aromatic rings. The fraction of sp³-hybridized carbons (Fsp3) is 0.435. The Morgan fingerprint density at radius 2 is 1.79 bits per heavy atom. The molecule has 2 saturated heterocycles. The molecule has 2 aromatic carbocycles. The fourth-order valence-corrected chi connectivity index (χ4v) is 4.68. The minimum atomic E-state index is 0.103. The Bertz CT molecular complexity index is 832. The quantitative estimate of drug-likeness (QED) is 0.780. The van der Waals surface area contributed by atoms with Crippen LogP contribution < -0.4 is 4.90 Å². The van der Waals surface area contributed by atoms with Gasteiger partial charge in [0.05, 0.1) is 0 Å². The van der Waals surface area contributed by atoms with Gasteiger partial charge in [0.15, 0.2) is 0 Å². The van der Waals surface area contributed by atoms with E-state index in [2.05, 4.69) is 41.0 Å². The number of rotatable bonds is 3. The van der Waals surface area contributed by atoms with E-state index in [1.54, 1.807) is 6.07 Å². The van der Waals surface area contributed by atoms with Crippen LogP contribution in [0.5, 0.6) is 0 Å². The molecule has 0 N–H and O–H groups in total. The lowest BCUT2D eigenvalue weighted by molar-refractivity contribution is 0.0563. The SMILES string of the molecule is Cc1ccccc1N1CCN([C@H]2CCCN(C(=O)c3cccc(Cl)c3)C2)CC1. The van der Waals surface area contributed by atoms with Crippen molar-refractivity contribution in [1.29, 1.82) is 0 Å². The van der Waals surface area contributed by atoms with Gasteiger partial charge in [-0.15, -0.1) is 0 Å². The van der Waals surface area contributed by atoms with Crippen molar-refractivity contribution < 1.29 is 4.79 Å². The van der Waals surface area contributed by atoms with Crippen LogP contribution in [-0.4, -0.2) is 61.0 Å². The van der Waals surface area contributed by atoms with Gasteiger partial charge in [-0.1, -0.05) is 35.9 Å².